The second-order valence-electron chi connectivity index (χ2n) is 4.57. The summed E-state index contributed by atoms with van der Waals surface area (Å²) < 4.78 is 11.5. The number of aromatic nitrogens is 2. The molecule has 0 radical (unpaired) electrons. The smallest absolute Gasteiger partial charge is 0.216 e. The van der Waals surface area contributed by atoms with Crippen LogP contribution < -0.4 is 9.47 Å². The highest BCUT2D eigenvalue weighted by molar-refractivity contribution is 6.29. The summed E-state index contributed by atoms with van der Waals surface area (Å²) in [6.45, 7) is 0. The predicted molar refractivity (Wildman–Crippen MR) is 71.3 cm³/mol. The van der Waals surface area contributed by atoms with E-state index in [-0.39, 0.29) is 39.6 Å². The maximum atomic E-state index is 12.6. The van der Waals surface area contributed by atoms with Gasteiger partial charge in [0.25, 0.3) is 0 Å². The van der Waals surface area contributed by atoms with Gasteiger partial charge in [0.1, 0.15) is 11.4 Å². The van der Waals surface area contributed by atoms with Crippen molar-refractivity contribution in [1.29, 1.82) is 0 Å². The first-order chi connectivity index (χ1) is 10.0. The number of nitrogens with zero attached hydrogens (tertiary/aromatic N) is 2. The van der Waals surface area contributed by atoms with Crippen molar-refractivity contribution in [3.8, 4) is 17.2 Å². The Balaban J connectivity index is 2.40. The van der Waals surface area contributed by atoms with E-state index in [2.05, 4.69) is 5.10 Å². The lowest BCUT2D eigenvalue weighted by Crippen LogP contribution is -2.23. The zero-order valence-corrected chi connectivity index (χ0v) is 11.6. The van der Waals surface area contributed by atoms with Crippen molar-refractivity contribution >= 4 is 11.6 Å². The Morgan fingerprint density at radius 3 is 2.38 bits per heavy atom. The Morgan fingerprint density at radius 1 is 1.10 bits per heavy atom. The van der Waals surface area contributed by atoms with Crippen LogP contribution in [0.5, 0.6) is 17.2 Å². The standard InChI is InChI=1S/C14H12N2O5/c1-16-11-6(5-15-16)12(17)10-9(14(11)19)7(20-2)4-8(21-3)13(10)18/h4-5,18H,1-3H3. The highest BCUT2D eigenvalue weighted by Gasteiger charge is 2.38. The summed E-state index contributed by atoms with van der Waals surface area (Å²) in [6.07, 6.45) is 1.31. The number of hydrogen-bond acceptors (Lipinski definition) is 6. The number of aryl methyl sites for hydroxylation is 1. The molecular weight excluding hydrogens is 276 g/mol. The third-order valence-corrected chi connectivity index (χ3v) is 3.52. The number of phenols is 1. The zero-order valence-electron chi connectivity index (χ0n) is 11.6. The number of ketones is 2. The van der Waals surface area contributed by atoms with Crippen LogP contribution in [0.15, 0.2) is 12.3 Å². The average Bonchev–Trinajstić information content (AvgIpc) is 2.87. The van der Waals surface area contributed by atoms with Gasteiger partial charge in [-0.05, 0) is 0 Å². The van der Waals surface area contributed by atoms with E-state index in [1.807, 2.05) is 0 Å². The highest BCUT2D eigenvalue weighted by atomic mass is 16.5. The summed E-state index contributed by atoms with van der Waals surface area (Å²) in [5.41, 5.74) is 0.240. The second kappa shape index (κ2) is 4.34. The molecule has 0 atom stereocenters. The van der Waals surface area contributed by atoms with Gasteiger partial charge in [0.05, 0.1) is 37.1 Å². The number of hydrogen-bond donors (Lipinski definition) is 1. The van der Waals surface area contributed by atoms with Gasteiger partial charge < -0.3 is 14.6 Å². The van der Waals surface area contributed by atoms with Crippen LogP contribution in [0.1, 0.15) is 32.0 Å². The van der Waals surface area contributed by atoms with Gasteiger partial charge >= 0.3 is 0 Å². The molecule has 1 N–H and O–H groups in total. The van der Waals surface area contributed by atoms with Crippen LogP contribution in [0.2, 0.25) is 0 Å². The number of rotatable bonds is 2. The summed E-state index contributed by atoms with van der Waals surface area (Å²) in [5.74, 6) is -1.04. The highest BCUT2D eigenvalue weighted by Crippen LogP contribution is 2.43. The van der Waals surface area contributed by atoms with Crippen LogP contribution in [0.3, 0.4) is 0 Å². The van der Waals surface area contributed by atoms with Gasteiger partial charge in [-0.3, -0.25) is 14.3 Å². The number of ether oxygens (including phenoxy) is 2. The number of benzene rings is 1. The van der Waals surface area contributed by atoms with E-state index in [1.165, 1.54) is 31.2 Å². The third-order valence-electron chi connectivity index (χ3n) is 3.52. The van der Waals surface area contributed by atoms with Crippen LogP contribution in [-0.2, 0) is 7.05 Å². The predicted octanol–water partition coefficient (Wildman–Crippen LogP) is 0.918. The molecule has 1 aliphatic rings. The van der Waals surface area contributed by atoms with Gasteiger partial charge in [-0.25, -0.2) is 0 Å². The summed E-state index contributed by atoms with van der Waals surface area (Å²) in [4.78, 5) is 25.2. The average molecular weight is 288 g/mol. The molecule has 2 aromatic rings. The topological polar surface area (TPSA) is 90.7 Å². The summed E-state index contributed by atoms with van der Waals surface area (Å²) in [7, 11) is 4.30. The molecule has 1 aromatic carbocycles. The SMILES string of the molecule is COc1cc(OC)c2c(c1O)C(=O)c1cnn(C)c1C2=O. The molecule has 21 heavy (non-hydrogen) atoms. The molecular formula is C14H12N2O5. The molecule has 0 saturated heterocycles. The van der Waals surface area contributed by atoms with E-state index in [9.17, 15) is 14.7 Å². The van der Waals surface area contributed by atoms with E-state index in [0.29, 0.717) is 0 Å². The number of phenolic OH excluding ortho intramolecular Hbond substituents is 1. The molecule has 108 valence electrons. The Bertz CT molecular complexity index is 791. The molecule has 0 spiro atoms. The molecule has 0 unspecified atom stereocenters. The minimum Gasteiger partial charge on any atom is -0.504 e. The van der Waals surface area contributed by atoms with E-state index < -0.39 is 11.6 Å². The monoisotopic (exact) mass is 288 g/mol. The van der Waals surface area contributed by atoms with Crippen LogP contribution >= 0.6 is 0 Å². The fourth-order valence-corrected chi connectivity index (χ4v) is 2.51. The van der Waals surface area contributed by atoms with E-state index in [4.69, 9.17) is 9.47 Å². The zero-order chi connectivity index (χ0) is 15.3. The molecule has 0 saturated carbocycles. The Labute approximate surface area is 119 Å². The minimum atomic E-state index is -0.484. The maximum absolute atomic E-state index is 12.6. The summed E-state index contributed by atoms with van der Waals surface area (Å²) in [5, 5.41) is 14.1. The quantitative estimate of drug-likeness (QED) is 0.754. The number of methoxy groups -OCH3 is 2. The number of carbonyl (C=O) groups is 2. The molecule has 1 aromatic heterocycles. The molecule has 7 heteroatoms. The fraction of sp³-hybridized carbons (Fsp3) is 0.214. The summed E-state index contributed by atoms with van der Waals surface area (Å²) >= 11 is 0. The molecule has 0 bridgehead atoms. The number of fused-ring (bicyclic) bond motifs is 2. The van der Waals surface area contributed by atoms with E-state index in [0.717, 1.165) is 0 Å². The van der Waals surface area contributed by atoms with Crippen molar-refractivity contribution in [2.24, 2.45) is 7.05 Å². The largest absolute Gasteiger partial charge is 0.504 e. The second-order valence-corrected chi connectivity index (χ2v) is 4.57. The van der Waals surface area contributed by atoms with Crippen molar-refractivity contribution < 1.29 is 24.2 Å². The third kappa shape index (κ3) is 1.57. The first-order valence-corrected chi connectivity index (χ1v) is 6.10. The van der Waals surface area contributed by atoms with Gasteiger partial charge in [0.15, 0.2) is 11.5 Å². The van der Waals surface area contributed by atoms with Crippen LogP contribution in [-0.4, -0.2) is 40.7 Å². The molecule has 0 aliphatic heterocycles. The van der Waals surface area contributed by atoms with Crippen molar-refractivity contribution in [2.45, 2.75) is 0 Å². The Kier molecular flexibility index (Phi) is 2.72. The van der Waals surface area contributed by atoms with E-state index >= 15 is 0 Å². The lowest BCUT2D eigenvalue weighted by atomic mass is 9.86. The summed E-state index contributed by atoms with van der Waals surface area (Å²) in [6, 6.07) is 1.38. The van der Waals surface area contributed by atoms with Crippen molar-refractivity contribution in [3.63, 3.8) is 0 Å². The number of aromatic hydroxyl groups is 1. The lowest BCUT2D eigenvalue weighted by Gasteiger charge is -2.20. The molecule has 1 heterocycles. The first kappa shape index (κ1) is 13.2. The van der Waals surface area contributed by atoms with Gasteiger partial charge in [0, 0.05) is 13.1 Å². The molecule has 3 rings (SSSR count). The Morgan fingerprint density at radius 2 is 1.76 bits per heavy atom. The fourth-order valence-electron chi connectivity index (χ4n) is 2.51. The molecule has 0 amide bonds. The van der Waals surface area contributed by atoms with Crippen LogP contribution in [0, 0.1) is 0 Å². The van der Waals surface area contributed by atoms with Crippen molar-refractivity contribution in [2.75, 3.05) is 14.2 Å². The van der Waals surface area contributed by atoms with Gasteiger partial charge in [-0.2, -0.15) is 5.10 Å². The van der Waals surface area contributed by atoms with Crippen LogP contribution in [0.4, 0.5) is 0 Å². The van der Waals surface area contributed by atoms with Crippen LogP contribution in [0.25, 0.3) is 0 Å². The van der Waals surface area contributed by atoms with Gasteiger partial charge in [-0.15, -0.1) is 0 Å². The normalized spacial score (nSPS) is 12.9. The van der Waals surface area contributed by atoms with Gasteiger partial charge in [0.2, 0.25) is 11.6 Å². The maximum Gasteiger partial charge on any atom is 0.216 e. The number of carbonyl (C=O) groups excluding carboxylic acids is 2. The lowest BCUT2D eigenvalue weighted by molar-refractivity contribution is 0.0968. The molecule has 1 aliphatic carbocycles. The van der Waals surface area contributed by atoms with Gasteiger partial charge in [-0.1, -0.05) is 0 Å². The van der Waals surface area contributed by atoms with Crippen molar-refractivity contribution in [1.82, 2.24) is 9.78 Å². The minimum absolute atomic E-state index is 0.0249. The molecule has 7 nitrogen and oxygen atoms in total. The van der Waals surface area contributed by atoms with Crippen molar-refractivity contribution in [3.05, 3.63) is 34.6 Å². The van der Waals surface area contributed by atoms with E-state index in [1.54, 1.807) is 7.05 Å². The Hall–Kier alpha value is -2.83. The first-order valence-electron chi connectivity index (χ1n) is 6.10. The molecule has 0 fully saturated rings.